The van der Waals surface area contributed by atoms with Crippen molar-refractivity contribution in [2.75, 3.05) is 0 Å². The van der Waals surface area contributed by atoms with Crippen LogP contribution in [-0.4, -0.2) is 18.7 Å². The van der Waals surface area contributed by atoms with Crippen molar-refractivity contribution in [1.29, 1.82) is 0 Å². The van der Waals surface area contributed by atoms with Gasteiger partial charge in [0.25, 0.3) is 11.5 Å². The van der Waals surface area contributed by atoms with Gasteiger partial charge in [-0.05, 0) is 12.1 Å². The van der Waals surface area contributed by atoms with E-state index in [1.807, 2.05) is 18.2 Å². The first-order chi connectivity index (χ1) is 10.5. The molecule has 0 radical (unpaired) electrons. The van der Waals surface area contributed by atoms with E-state index in [1.54, 1.807) is 26.2 Å². The number of aryl methyl sites for hydroxylation is 2. The Morgan fingerprint density at radius 2 is 1.59 bits per heavy atom. The third-order valence-electron chi connectivity index (χ3n) is 3.46. The Morgan fingerprint density at radius 3 is 2.27 bits per heavy atom. The number of benzene rings is 1. The molecule has 0 aliphatic heterocycles. The Labute approximate surface area is 125 Å². The fraction of sp³-hybridized carbons (Fsp3) is 0.214. The summed E-state index contributed by atoms with van der Waals surface area (Å²) in [4.78, 5) is 28.4. The molecule has 0 saturated heterocycles. The molecular weight excluding hydrogens is 284 g/mol. The van der Waals surface area contributed by atoms with Crippen molar-refractivity contribution < 1.29 is 0 Å². The van der Waals surface area contributed by atoms with Crippen LogP contribution in [0.5, 0.6) is 0 Å². The number of nitrogens with zero attached hydrogens (tertiary/aromatic N) is 6. The summed E-state index contributed by atoms with van der Waals surface area (Å²) in [5, 5.41) is 8.15. The molecule has 2 heterocycles. The minimum absolute atomic E-state index is 0.261. The maximum atomic E-state index is 12.2. The Hall–Kier alpha value is -3.03. The van der Waals surface area contributed by atoms with Crippen LogP contribution in [0, 0.1) is 0 Å². The fourth-order valence-corrected chi connectivity index (χ4v) is 2.19. The van der Waals surface area contributed by atoms with Crippen molar-refractivity contribution in [3.63, 3.8) is 0 Å². The summed E-state index contributed by atoms with van der Waals surface area (Å²) in [5.41, 5.74) is 0.442. The normalized spacial score (nSPS) is 11.6. The van der Waals surface area contributed by atoms with Crippen LogP contribution in [0.2, 0.25) is 0 Å². The lowest BCUT2D eigenvalue weighted by molar-refractivity contribution is 0.705. The van der Waals surface area contributed by atoms with E-state index in [9.17, 15) is 9.59 Å². The molecule has 0 unspecified atom stereocenters. The number of rotatable bonds is 2. The van der Waals surface area contributed by atoms with E-state index in [0.29, 0.717) is 11.2 Å². The molecule has 8 nitrogen and oxygen atoms in total. The molecule has 0 fully saturated rings. The van der Waals surface area contributed by atoms with E-state index < -0.39 is 11.2 Å². The summed E-state index contributed by atoms with van der Waals surface area (Å²) in [6, 6.07) is 9.20. The van der Waals surface area contributed by atoms with E-state index in [2.05, 4.69) is 15.2 Å². The Bertz CT molecular complexity index is 994. The molecule has 3 aromatic rings. The first-order valence-corrected chi connectivity index (χ1v) is 6.60. The molecule has 2 aromatic heterocycles. The molecule has 0 bridgehead atoms. The van der Waals surface area contributed by atoms with Gasteiger partial charge < -0.3 is 4.57 Å². The fourth-order valence-electron chi connectivity index (χ4n) is 2.19. The highest BCUT2D eigenvalue weighted by molar-refractivity contribution is 5.73. The van der Waals surface area contributed by atoms with Crippen molar-refractivity contribution in [2.45, 2.75) is 0 Å². The van der Waals surface area contributed by atoms with Gasteiger partial charge in [0.15, 0.2) is 11.2 Å². The third-order valence-corrected chi connectivity index (χ3v) is 3.46. The average Bonchev–Trinajstić information content (AvgIpc) is 2.87. The monoisotopic (exact) mass is 298 g/mol. The van der Waals surface area contributed by atoms with Crippen molar-refractivity contribution in [3.8, 4) is 0 Å². The molecule has 0 aliphatic carbocycles. The van der Waals surface area contributed by atoms with Crippen molar-refractivity contribution in [3.05, 3.63) is 51.2 Å². The van der Waals surface area contributed by atoms with E-state index in [-0.39, 0.29) is 11.6 Å². The van der Waals surface area contributed by atoms with Crippen LogP contribution < -0.4 is 11.2 Å². The molecule has 0 saturated carbocycles. The zero-order valence-electron chi connectivity index (χ0n) is 12.4. The van der Waals surface area contributed by atoms with E-state index in [4.69, 9.17) is 0 Å². The highest BCUT2D eigenvalue weighted by atomic mass is 16.2. The molecule has 0 N–H and O–H groups in total. The lowest BCUT2D eigenvalue weighted by atomic mass is 10.3. The van der Waals surface area contributed by atoms with Crippen molar-refractivity contribution in [2.24, 2.45) is 31.4 Å². The van der Waals surface area contributed by atoms with Gasteiger partial charge in [0, 0.05) is 21.1 Å². The molecule has 0 aliphatic rings. The largest absolute Gasteiger partial charge is 0.332 e. The topological polar surface area (TPSA) is 86.5 Å². The summed E-state index contributed by atoms with van der Waals surface area (Å²) >= 11 is 0. The summed E-state index contributed by atoms with van der Waals surface area (Å²) in [6.45, 7) is 0. The molecular formula is C14H14N6O2. The summed E-state index contributed by atoms with van der Waals surface area (Å²) in [6.07, 6.45) is 0. The predicted molar refractivity (Wildman–Crippen MR) is 81.8 cm³/mol. The van der Waals surface area contributed by atoms with Gasteiger partial charge in [-0.15, -0.1) is 10.2 Å². The molecule has 3 rings (SSSR count). The predicted octanol–water partition coefficient (Wildman–Crippen LogP) is 1.39. The average molecular weight is 298 g/mol. The van der Waals surface area contributed by atoms with Crippen LogP contribution in [0.3, 0.4) is 0 Å². The SMILES string of the molecule is Cn1c(=O)c2c(nc(N=Nc3ccccc3)n2C)n(C)c1=O. The number of azo groups is 1. The van der Waals surface area contributed by atoms with Gasteiger partial charge in [0.2, 0.25) is 0 Å². The number of fused-ring (bicyclic) bond motifs is 1. The van der Waals surface area contributed by atoms with Gasteiger partial charge in [-0.2, -0.15) is 4.98 Å². The van der Waals surface area contributed by atoms with Crippen LogP contribution in [0.1, 0.15) is 0 Å². The first kappa shape index (κ1) is 13.9. The first-order valence-electron chi connectivity index (χ1n) is 6.60. The summed E-state index contributed by atoms with van der Waals surface area (Å²) in [7, 11) is 4.66. The maximum Gasteiger partial charge on any atom is 0.332 e. The molecule has 0 atom stereocenters. The minimum atomic E-state index is -0.429. The molecule has 0 amide bonds. The van der Waals surface area contributed by atoms with Crippen LogP contribution in [0.15, 0.2) is 50.1 Å². The van der Waals surface area contributed by atoms with Gasteiger partial charge >= 0.3 is 5.69 Å². The number of imidazole rings is 1. The smallest absolute Gasteiger partial charge is 0.304 e. The van der Waals surface area contributed by atoms with Crippen LogP contribution in [-0.2, 0) is 21.1 Å². The molecule has 112 valence electrons. The molecule has 22 heavy (non-hydrogen) atoms. The Morgan fingerprint density at radius 1 is 0.909 bits per heavy atom. The van der Waals surface area contributed by atoms with Crippen molar-refractivity contribution >= 4 is 22.8 Å². The van der Waals surface area contributed by atoms with Crippen molar-refractivity contribution in [1.82, 2.24) is 18.7 Å². The highest BCUT2D eigenvalue weighted by Crippen LogP contribution is 2.19. The van der Waals surface area contributed by atoms with Gasteiger partial charge in [-0.1, -0.05) is 18.2 Å². The standard InChI is InChI=1S/C14H14N6O2/c1-18-10-11(19(2)14(22)20(3)12(10)21)15-13(18)17-16-9-7-5-4-6-8-9/h4-8H,1-3H3. The lowest BCUT2D eigenvalue weighted by Gasteiger charge is -2.02. The summed E-state index contributed by atoms with van der Waals surface area (Å²) in [5.74, 6) is 0.261. The second-order valence-electron chi connectivity index (χ2n) is 4.88. The van der Waals surface area contributed by atoms with Gasteiger partial charge in [0.1, 0.15) is 0 Å². The van der Waals surface area contributed by atoms with Gasteiger partial charge in [-0.25, -0.2) is 4.79 Å². The third kappa shape index (κ3) is 2.05. The molecule has 0 spiro atoms. The Balaban J connectivity index is 2.21. The molecule has 1 aromatic carbocycles. The summed E-state index contributed by atoms with van der Waals surface area (Å²) < 4.78 is 3.89. The second-order valence-corrected chi connectivity index (χ2v) is 4.88. The maximum absolute atomic E-state index is 12.2. The van der Waals surface area contributed by atoms with E-state index in [0.717, 1.165) is 4.57 Å². The quantitative estimate of drug-likeness (QED) is 0.670. The van der Waals surface area contributed by atoms with E-state index in [1.165, 1.54) is 16.2 Å². The van der Waals surface area contributed by atoms with Crippen LogP contribution in [0.4, 0.5) is 11.6 Å². The number of hydrogen-bond acceptors (Lipinski definition) is 5. The van der Waals surface area contributed by atoms with E-state index >= 15 is 0 Å². The number of aromatic nitrogens is 4. The van der Waals surface area contributed by atoms with Gasteiger partial charge in [-0.3, -0.25) is 13.9 Å². The minimum Gasteiger partial charge on any atom is -0.304 e. The molecule has 8 heteroatoms. The second kappa shape index (κ2) is 5.06. The highest BCUT2D eigenvalue weighted by Gasteiger charge is 2.16. The van der Waals surface area contributed by atoms with Crippen LogP contribution >= 0.6 is 0 Å². The van der Waals surface area contributed by atoms with Gasteiger partial charge in [0.05, 0.1) is 5.69 Å². The zero-order chi connectivity index (χ0) is 15.9. The lowest BCUT2D eigenvalue weighted by Crippen LogP contribution is -2.37. The van der Waals surface area contributed by atoms with Crippen LogP contribution in [0.25, 0.3) is 11.2 Å². The Kier molecular flexibility index (Phi) is 3.21. The number of hydrogen-bond donors (Lipinski definition) is 0. The zero-order valence-corrected chi connectivity index (χ0v) is 12.4.